The first kappa shape index (κ1) is 9.03. The van der Waals surface area contributed by atoms with E-state index < -0.39 is 0 Å². The molecule has 1 aliphatic heterocycles. The van der Waals surface area contributed by atoms with Crippen LogP contribution < -0.4 is 10.9 Å². The van der Waals surface area contributed by atoms with Gasteiger partial charge < -0.3 is 0 Å². The highest BCUT2D eigenvalue weighted by molar-refractivity contribution is 5.91. The minimum Gasteiger partial charge on any atom is -0.286 e. The zero-order valence-electron chi connectivity index (χ0n) is 7.39. The fourth-order valence-corrected chi connectivity index (χ4v) is 1.07. The van der Waals surface area contributed by atoms with Gasteiger partial charge in [0.2, 0.25) is 0 Å². The first-order chi connectivity index (χ1) is 5.83. The van der Waals surface area contributed by atoms with Gasteiger partial charge >= 0.3 is 0 Å². The average Bonchev–Trinajstić information content (AvgIpc) is 2.09. The lowest BCUT2D eigenvalue weighted by Crippen LogP contribution is -2.46. The van der Waals surface area contributed by atoms with Gasteiger partial charge in [0.15, 0.2) is 0 Å². The summed E-state index contributed by atoms with van der Waals surface area (Å²) in [5.41, 5.74) is 5.32. The molecule has 0 radical (unpaired) electrons. The molecular weight excluding hydrogens is 154 g/mol. The molecule has 0 aromatic rings. The second kappa shape index (κ2) is 4.74. The summed E-state index contributed by atoms with van der Waals surface area (Å²) < 4.78 is 0. The Bertz CT molecular complexity index is 189. The van der Waals surface area contributed by atoms with Gasteiger partial charge in [-0.05, 0) is 6.42 Å². The van der Waals surface area contributed by atoms with Crippen molar-refractivity contribution >= 4 is 11.7 Å². The van der Waals surface area contributed by atoms with Gasteiger partial charge in [-0.15, -0.1) is 0 Å². The van der Waals surface area contributed by atoms with Crippen molar-refractivity contribution in [2.24, 2.45) is 4.99 Å². The lowest BCUT2D eigenvalue weighted by molar-refractivity contribution is -0.120. The highest BCUT2D eigenvalue weighted by Gasteiger charge is 2.08. The molecule has 0 unspecified atom stereocenters. The van der Waals surface area contributed by atoms with Crippen LogP contribution in [0.25, 0.3) is 0 Å². The number of carbonyl (C=O) groups excluding carboxylic acids is 1. The molecule has 0 bridgehead atoms. The van der Waals surface area contributed by atoms with E-state index >= 15 is 0 Å². The van der Waals surface area contributed by atoms with Gasteiger partial charge in [0.05, 0.1) is 0 Å². The monoisotopic (exact) mass is 169 g/mol. The number of nitrogens with zero attached hydrogens (tertiary/aromatic N) is 1. The van der Waals surface area contributed by atoms with Crippen LogP contribution in [0.2, 0.25) is 0 Å². The molecule has 0 aromatic heterocycles. The van der Waals surface area contributed by atoms with E-state index in [1.54, 1.807) is 0 Å². The van der Waals surface area contributed by atoms with E-state index in [1.807, 2.05) is 0 Å². The molecule has 2 N–H and O–H groups in total. The SMILES string of the molecule is CCCCCC1=NCC(=O)NN1. The Kier molecular flexibility index (Phi) is 3.57. The molecule has 0 saturated heterocycles. The van der Waals surface area contributed by atoms with Gasteiger partial charge in [-0.2, -0.15) is 0 Å². The highest BCUT2D eigenvalue weighted by atomic mass is 16.2. The van der Waals surface area contributed by atoms with E-state index in [0.717, 1.165) is 18.7 Å². The molecule has 0 aliphatic carbocycles. The van der Waals surface area contributed by atoms with E-state index in [4.69, 9.17) is 0 Å². The quantitative estimate of drug-likeness (QED) is 0.605. The molecule has 0 atom stereocenters. The van der Waals surface area contributed by atoms with Gasteiger partial charge in [0.25, 0.3) is 5.91 Å². The summed E-state index contributed by atoms with van der Waals surface area (Å²) in [5.74, 6) is 0.845. The topological polar surface area (TPSA) is 53.5 Å². The van der Waals surface area contributed by atoms with Gasteiger partial charge in [-0.3, -0.25) is 20.6 Å². The molecule has 0 saturated carbocycles. The van der Waals surface area contributed by atoms with Crippen LogP contribution in [0.1, 0.15) is 32.6 Å². The predicted octanol–water partition coefficient (Wildman–Crippen LogP) is 0.600. The van der Waals surface area contributed by atoms with Crippen LogP contribution in [0.5, 0.6) is 0 Å². The summed E-state index contributed by atoms with van der Waals surface area (Å²) in [4.78, 5) is 14.7. The van der Waals surface area contributed by atoms with Crippen LogP contribution in [-0.4, -0.2) is 18.3 Å². The first-order valence-corrected chi connectivity index (χ1v) is 4.41. The normalized spacial score (nSPS) is 16.4. The molecule has 1 aliphatic rings. The first-order valence-electron chi connectivity index (χ1n) is 4.41. The Morgan fingerprint density at radius 1 is 1.42 bits per heavy atom. The standard InChI is InChI=1S/C8H15N3O/c1-2-3-4-5-7-9-6-8(12)11-10-7/h2-6H2,1H3,(H,9,10)(H,11,12). The zero-order valence-corrected chi connectivity index (χ0v) is 7.39. The molecule has 12 heavy (non-hydrogen) atoms. The molecule has 68 valence electrons. The fourth-order valence-electron chi connectivity index (χ4n) is 1.07. The van der Waals surface area contributed by atoms with Gasteiger partial charge in [0, 0.05) is 6.42 Å². The van der Waals surface area contributed by atoms with E-state index in [-0.39, 0.29) is 12.5 Å². The average molecular weight is 169 g/mol. The number of rotatable bonds is 4. The summed E-state index contributed by atoms with van der Waals surface area (Å²) in [6.45, 7) is 2.44. The number of hydrazine groups is 1. The lowest BCUT2D eigenvalue weighted by atomic mass is 10.2. The minimum atomic E-state index is -0.0609. The van der Waals surface area contributed by atoms with Crippen LogP contribution in [-0.2, 0) is 4.79 Å². The maximum atomic E-state index is 10.7. The third kappa shape index (κ3) is 2.90. The van der Waals surface area contributed by atoms with E-state index in [0.29, 0.717) is 0 Å². The Hall–Kier alpha value is -1.06. The highest BCUT2D eigenvalue weighted by Crippen LogP contribution is 2.00. The number of unbranched alkanes of at least 4 members (excludes halogenated alkanes) is 2. The summed E-state index contributed by atoms with van der Waals surface area (Å²) in [6, 6.07) is 0. The molecule has 4 nitrogen and oxygen atoms in total. The van der Waals surface area contributed by atoms with Crippen LogP contribution in [0.4, 0.5) is 0 Å². The van der Waals surface area contributed by atoms with Crippen molar-refractivity contribution in [3.05, 3.63) is 0 Å². The molecular formula is C8H15N3O. The van der Waals surface area contributed by atoms with E-state index in [1.165, 1.54) is 12.8 Å². The molecule has 1 rings (SSSR count). The smallest absolute Gasteiger partial charge is 0.260 e. The molecule has 0 fully saturated rings. The number of hydrogen-bond acceptors (Lipinski definition) is 3. The largest absolute Gasteiger partial charge is 0.286 e. The van der Waals surface area contributed by atoms with Crippen molar-refractivity contribution in [3.63, 3.8) is 0 Å². The summed E-state index contributed by atoms with van der Waals surface area (Å²) in [6.07, 6.45) is 4.50. The maximum absolute atomic E-state index is 10.7. The van der Waals surface area contributed by atoms with Gasteiger partial charge in [-0.1, -0.05) is 19.8 Å². The van der Waals surface area contributed by atoms with Crippen molar-refractivity contribution in [1.29, 1.82) is 0 Å². The predicted molar refractivity (Wildman–Crippen MR) is 47.7 cm³/mol. The van der Waals surface area contributed by atoms with Gasteiger partial charge in [0.1, 0.15) is 12.4 Å². The lowest BCUT2D eigenvalue weighted by Gasteiger charge is -2.14. The zero-order chi connectivity index (χ0) is 8.81. The molecule has 1 amide bonds. The third-order valence-electron chi connectivity index (χ3n) is 1.78. The molecule has 0 aromatic carbocycles. The molecule has 4 heteroatoms. The summed E-state index contributed by atoms with van der Waals surface area (Å²) in [7, 11) is 0. The number of hydrogen-bond donors (Lipinski definition) is 2. The van der Waals surface area contributed by atoms with Gasteiger partial charge in [-0.25, -0.2) is 0 Å². The van der Waals surface area contributed by atoms with Crippen LogP contribution in [0.3, 0.4) is 0 Å². The molecule has 0 spiro atoms. The second-order valence-corrected chi connectivity index (χ2v) is 2.89. The maximum Gasteiger partial charge on any atom is 0.260 e. The Labute approximate surface area is 72.4 Å². The van der Waals surface area contributed by atoms with Crippen LogP contribution in [0, 0.1) is 0 Å². The van der Waals surface area contributed by atoms with Crippen molar-refractivity contribution in [2.45, 2.75) is 32.6 Å². The van der Waals surface area contributed by atoms with E-state index in [2.05, 4.69) is 22.8 Å². The van der Waals surface area contributed by atoms with E-state index in [9.17, 15) is 4.79 Å². The van der Waals surface area contributed by atoms with Crippen molar-refractivity contribution in [1.82, 2.24) is 10.9 Å². The van der Waals surface area contributed by atoms with Crippen molar-refractivity contribution < 1.29 is 4.79 Å². The van der Waals surface area contributed by atoms with Crippen molar-refractivity contribution in [2.75, 3.05) is 6.54 Å². The van der Waals surface area contributed by atoms with Crippen molar-refractivity contribution in [3.8, 4) is 0 Å². The number of aliphatic imine (C=N–C) groups is 1. The number of amidine groups is 1. The second-order valence-electron chi connectivity index (χ2n) is 2.89. The number of nitrogens with one attached hydrogen (secondary N) is 2. The number of carbonyl (C=O) groups is 1. The minimum absolute atomic E-state index is 0.0609. The Morgan fingerprint density at radius 2 is 2.25 bits per heavy atom. The van der Waals surface area contributed by atoms with Crippen LogP contribution >= 0.6 is 0 Å². The van der Waals surface area contributed by atoms with Crippen LogP contribution in [0.15, 0.2) is 4.99 Å². The Balaban J connectivity index is 2.19. The Morgan fingerprint density at radius 3 is 2.83 bits per heavy atom. The number of amides is 1. The summed E-state index contributed by atoms with van der Waals surface area (Å²) in [5, 5.41) is 0. The fraction of sp³-hybridized carbons (Fsp3) is 0.750. The molecule has 1 heterocycles. The summed E-state index contributed by atoms with van der Waals surface area (Å²) >= 11 is 0. The third-order valence-corrected chi connectivity index (χ3v) is 1.78.